The first-order valence-corrected chi connectivity index (χ1v) is 11.2. The minimum absolute atomic E-state index is 0.237. The summed E-state index contributed by atoms with van der Waals surface area (Å²) in [7, 11) is -3.39. The van der Waals surface area contributed by atoms with E-state index in [9.17, 15) is 9.36 Å². The van der Waals surface area contributed by atoms with E-state index in [0.717, 1.165) is 16.1 Å². The third-order valence-electron chi connectivity index (χ3n) is 3.98. The number of carbonyl (C=O) groups excluding carboxylic acids is 1. The Balaban J connectivity index is 1.98. The van der Waals surface area contributed by atoms with Crippen LogP contribution in [-0.2, 0) is 20.0 Å². The number of thiazole rings is 1. The monoisotopic (exact) mass is 424 g/mol. The average Bonchev–Trinajstić information content (AvgIpc) is 3.20. The number of benzene rings is 1. The summed E-state index contributed by atoms with van der Waals surface area (Å²) in [6, 6.07) is 3.21. The fourth-order valence-corrected chi connectivity index (χ4v) is 5.07. The molecule has 0 bridgehead atoms. The van der Waals surface area contributed by atoms with Crippen molar-refractivity contribution in [3.63, 3.8) is 0 Å². The lowest BCUT2D eigenvalue weighted by Crippen LogP contribution is -2.24. The van der Waals surface area contributed by atoms with E-state index in [1.165, 1.54) is 11.3 Å². The van der Waals surface area contributed by atoms with Gasteiger partial charge < -0.3 is 25.3 Å². The largest absolute Gasteiger partial charge is 0.480 e. The zero-order valence-electron chi connectivity index (χ0n) is 15.5. The molecule has 0 unspecified atom stereocenters. The van der Waals surface area contributed by atoms with Gasteiger partial charge in [-0.05, 0) is 31.5 Å². The highest BCUT2D eigenvalue weighted by molar-refractivity contribution is 7.53. The van der Waals surface area contributed by atoms with Crippen LogP contribution in [0, 0.1) is 0 Å². The number of guanidine groups is 1. The van der Waals surface area contributed by atoms with Gasteiger partial charge in [-0.25, -0.2) is 4.98 Å². The van der Waals surface area contributed by atoms with Gasteiger partial charge in [0.25, 0.3) is 5.91 Å². The number of aromatic nitrogens is 1. The number of fused-ring (bicyclic) bond motifs is 3. The average molecular weight is 424 g/mol. The number of rotatable bonds is 8. The molecule has 1 aromatic carbocycles. The molecule has 0 aliphatic heterocycles. The maximum absolute atomic E-state index is 12.7. The van der Waals surface area contributed by atoms with Gasteiger partial charge in [0.05, 0.1) is 24.4 Å². The van der Waals surface area contributed by atoms with Crippen LogP contribution in [0.15, 0.2) is 22.6 Å². The highest BCUT2D eigenvalue weighted by atomic mass is 32.1. The zero-order chi connectivity index (χ0) is 20.3. The van der Waals surface area contributed by atoms with Gasteiger partial charge in [0.2, 0.25) is 0 Å². The third kappa shape index (κ3) is 4.10. The van der Waals surface area contributed by atoms with Crippen LogP contribution in [0.25, 0.3) is 11.3 Å². The van der Waals surface area contributed by atoms with Gasteiger partial charge in [0.1, 0.15) is 5.75 Å². The lowest BCUT2D eigenvalue weighted by Gasteiger charge is -2.19. The van der Waals surface area contributed by atoms with Crippen molar-refractivity contribution in [1.82, 2.24) is 4.98 Å². The van der Waals surface area contributed by atoms with Crippen molar-refractivity contribution in [2.45, 2.75) is 20.3 Å². The SMILES string of the molecule is CCOP(=O)(COc1ccc(C(=O)N=C(N)N)c2c1-c1ncsc1C2)OCC. The molecule has 1 aliphatic carbocycles. The molecule has 1 heterocycles. The van der Waals surface area contributed by atoms with Crippen LogP contribution in [0.2, 0.25) is 0 Å². The molecule has 0 atom stereocenters. The molecule has 0 saturated heterocycles. The minimum Gasteiger partial charge on any atom is -0.480 e. The molecule has 3 rings (SSSR count). The second-order valence-corrected chi connectivity index (χ2v) is 8.76. The molecule has 0 fully saturated rings. The minimum atomic E-state index is -3.39. The number of carbonyl (C=O) groups is 1. The van der Waals surface area contributed by atoms with Crippen LogP contribution in [0.5, 0.6) is 5.75 Å². The van der Waals surface area contributed by atoms with Crippen molar-refractivity contribution in [1.29, 1.82) is 0 Å². The van der Waals surface area contributed by atoms with Crippen molar-refractivity contribution in [3.05, 3.63) is 33.6 Å². The second kappa shape index (κ2) is 8.40. The molecule has 4 N–H and O–H groups in total. The lowest BCUT2D eigenvalue weighted by atomic mass is 10.0. The van der Waals surface area contributed by atoms with Crippen molar-refractivity contribution in [3.8, 4) is 17.0 Å². The van der Waals surface area contributed by atoms with Crippen LogP contribution >= 0.6 is 18.9 Å². The summed E-state index contributed by atoms with van der Waals surface area (Å²) in [5.74, 6) is -0.396. The van der Waals surface area contributed by atoms with Crippen molar-refractivity contribution in [2.24, 2.45) is 16.5 Å². The smallest absolute Gasteiger partial charge is 0.367 e. The first-order valence-electron chi connectivity index (χ1n) is 8.62. The Bertz CT molecular complexity index is 960. The molecule has 2 aromatic rings. The Hall–Kier alpha value is -2.26. The number of nitrogens with two attached hydrogens (primary N) is 2. The van der Waals surface area contributed by atoms with Gasteiger partial charge in [0, 0.05) is 22.4 Å². The third-order valence-corrected chi connectivity index (χ3v) is 6.56. The molecule has 9 nitrogen and oxygen atoms in total. The van der Waals surface area contributed by atoms with Gasteiger partial charge in [-0.1, -0.05) is 0 Å². The summed E-state index contributed by atoms with van der Waals surface area (Å²) in [6.07, 6.45) is 0.268. The highest BCUT2D eigenvalue weighted by Crippen LogP contribution is 2.50. The Morgan fingerprint density at radius 3 is 2.64 bits per heavy atom. The number of hydrogen-bond acceptors (Lipinski definition) is 7. The van der Waals surface area contributed by atoms with E-state index in [2.05, 4.69) is 9.98 Å². The number of amides is 1. The maximum Gasteiger partial charge on any atom is 0.367 e. The molecular formula is C17H21N4O5PS. The molecule has 0 spiro atoms. The second-order valence-electron chi connectivity index (χ2n) is 5.83. The molecule has 1 amide bonds. The normalized spacial score (nSPS) is 12.4. The number of hydrogen-bond donors (Lipinski definition) is 2. The van der Waals surface area contributed by atoms with E-state index in [4.69, 9.17) is 25.3 Å². The van der Waals surface area contributed by atoms with Crippen LogP contribution in [0.4, 0.5) is 0 Å². The number of aliphatic imine (C=N–C) groups is 1. The van der Waals surface area contributed by atoms with E-state index < -0.39 is 13.5 Å². The van der Waals surface area contributed by atoms with E-state index in [-0.39, 0.29) is 25.5 Å². The van der Waals surface area contributed by atoms with Crippen LogP contribution in [-0.4, -0.2) is 36.4 Å². The standard InChI is InChI=1S/C17H21N4O5PS/c1-3-25-27(23,26-4-2)9-24-12-6-5-10(16(22)21-17(18)19)11-7-13-15(14(11)12)20-8-28-13/h5-6,8H,3-4,7,9H2,1-2H3,(H4,18,19,21,22). The fourth-order valence-electron chi connectivity index (χ4n) is 2.98. The predicted octanol–water partition coefficient (Wildman–Crippen LogP) is 2.73. The van der Waals surface area contributed by atoms with E-state index >= 15 is 0 Å². The Kier molecular flexibility index (Phi) is 6.14. The predicted molar refractivity (Wildman–Crippen MR) is 107 cm³/mol. The topological polar surface area (TPSA) is 139 Å². The first-order chi connectivity index (χ1) is 13.4. The Morgan fingerprint density at radius 2 is 2.00 bits per heavy atom. The fraction of sp³-hybridized carbons (Fsp3) is 0.353. The van der Waals surface area contributed by atoms with Crippen molar-refractivity contribution >= 4 is 30.8 Å². The Morgan fingerprint density at radius 1 is 1.29 bits per heavy atom. The molecule has 0 radical (unpaired) electrons. The molecule has 1 aliphatic rings. The maximum atomic E-state index is 12.7. The van der Waals surface area contributed by atoms with E-state index in [0.29, 0.717) is 23.3 Å². The van der Waals surface area contributed by atoms with Gasteiger partial charge in [-0.3, -0.25) is 9.36 Å². The summed E-state index contributed by atoms with van der Waals surface area (Å²) >= 11 is 1.48. The molecule has 150 valence electrons. The van der Waals surface area contributed by atoms with Gasteiger partial charge in [0.15, 0.2) is 12.3 Å². The summed E-state index contributed by atoms with van der Waals surface area (Å²) in [4.78, 5) is 21.4. The van der Waals surface area contributed by atoms with Crippen LogP contribution in [0.1, 0.15) is 34.6 Å². The molecular weight excluding hydrogens is 403 g/mol. The molecule has 28 heavy (non-hydrogen) atoms. The highest BCUT2D eigenvalue weighted by Gasteiger charge is 2.31. The van der Waals surface area contributed by atoms with E-state index in [1.54, 1.807) is 31.5 Å². The molecule has 0 saturated carbocycles. The molecule has 11 heteroatoms. The van der Waals surface area contributed by atoms with Crippen molar-refractivity contribution < 1.29 is 23.1 Å². The van der Waals surface area contributed by atoms with Gasteiger partial charge in [-0.15, -0.1) is 11.3 Å². The zero-order valence-corrected chi connectivity index (χ0v) is 17.2. The molecule has 1 aromatic heterocycles. The van der Waals surface area contributed by atoms with Gasteiger partial charge in [-0.2, -0.15) is 4.99 Å². The lowest BCUT2D eigenvalue weighted by molar-refractivity contribution is 0.100. The summed E-state index contributed by atoms with van der Waals surface area (Å²) in [5.41, 5.74) is 14.9. The van der Waals surface area contributed by atoms with Crippen LogP contribution < -0.4 is 16.2 Å². The Labute approximate surface area is 166 Å². The number of ether oxygens (including phenoxy) is 1. The van der Waals surface area contributed by atoms with Crippen molar-refractivity contribution in [2.75, 3.05) is 19.6 Å². The summed E-state index contributed by atoms with van der Waals surface area (Å²) in [6.45, 7) is 3.94. The van der Waals surface area contributed by atoms with Gasteiger partial charge >= 0.3 is 7.60 Å². The van der Waals surface area contributed by atoms with E-state index in [1.807, 2.05) is 0 Å². The summed E-state index contributed by atoms with van der Waals surface area (Å²) in [5, 5.41) is 0. The first kappa shape index (κ1) is 20.5. The quantitative estimate of drug-likeness (QED) is 0.320. The number of nitrogens with zero attached hydrogens (tertiary/aromatic N) is 2. The summed E-state index contributed by atoms with van der Waals surface area (Å²) < 4.78 is 29.0. The van der Waals surface area contributed by atoms with Crippen LogP contribution in [0.3, 0.4) is 0 Å².